The third-order valence-electron chi connectivity index (χ3n) is 2.59. The van der Waals surface area contributed by atoms with E-state index in [4.69, 9.17) is 0 Å². The van der Waals surface area contributed by atoms with Crippen LogP contribution < -0.4 is 0 Å². The fraction of sp³-hybridized carbons (Fsp3) is 0.900. The Bertz CT molecular complexity index is 177. The van der Waals surface area contributed by atoms with Crippen molar-refractivity contribution in [3.05, 3.63) is 0 Å². The van der Waals surface area contributed by atoms with E-state index in [1.807, 2.05) is 0 Å². The lowest BCUT2D eigenvalue weighted by Gasteiger charge is -2.36. The molecule has 0 amide bonds. The van der Waals surface area contributed by atoms with Gasteiger partial charge in [0.25, 0.3) is 0 Å². The summed E-state index contributed by atoms with van der Waals surface area (Å²) in [5.74, 6) is 1.42. The topological polar surface area (TPSA) is 20.3 Å². The molecule has 0 saturated carbocycles. The normalized spacial score (nSPS) is 32.9. The fourth-order valence-electron chi connectivity index (χ4n) is 2.26. The smallest absolute Gasteiger partial charge is 0.150 e. The molecule has 70 valence electrons. The summed E-state index contributed by atoms with van der Waals surface area (Å²) in [7, 11) is 2.05. The van der Waals surface area contributed by atoms with Crippen LogP contribution in [0.1, 0.15) is 27.2 Å². The highest BCUT2D eigenvalue weighted by molar-refractivity contribution is 5.85. The molecule has 0 spiro atoms. The lowest BCUT2D eigenvalue weighted by molar-refractivity contribution is -0.129. The van der Waals surface area contributed by atoms with Crippen LogP contribution in [0.2, 0.25) is 0 Å². The van der Waals surface area contributed by atoms with E-state index < -0.39 is 0 Å². The van der Waals surface area contributed by atoms with Crippen LogP contribution in [0.4, 0.5) is 0 Å². The van der Waals surface area contributed by atoms with E-state index >= 15 is 0 Å². The predicted octanol–water partition coefficient (Wildman–Crippen LogP) is 1.55. The van der Waals surface area contributed by atoms with E-state index in [1.165, 1.54) is 0 Å². The third-order valence-corrected chi connectivity index (χ3v) is 2.59. The fourth-order valence-corrected chi connectivity index (χ4v) is 2.26. The molecule has 2 atom stereocenters. The second kappa shape index (κ2) is 3.56. The van der Waals surface area contributed by atoms with Crippen molar-refractivity contribution in [2.45, 2.75) is 33.2 Å². The average molecular weight is 169 g/mol. The lowest BCUT2D eigenvalue weighted by Crippen LogP contribution is -2.49. The first-order valence-electron chi connectivity index (χ1n) is 4.75. The Labute approximate surface area is 74.9 Å². The molecule has 1 saturated heterocycles. The summed E-state index contributed by atoms with van der Waals surface area (Å²) in [6.45, 7) is 7.45. The SMILES string of the molecule is CC(C)[C@H]1C(=O)C[C@H](C)CN1C. The summed E-state index contributed by atoms with van der Waals surface area (Å²) in [5, 5.41) is 0. The molecule has 12 heavy (non-hydrogen) atoms. The quantitative estimate of drug-likeness (QED) is 0.593. The second-order valence-electron chi connectivity index (χ2n) is 4.40. The summed E-state index contributed by atoms with van der Waals surface area (Å²) in [6, 6.07) is 0.168. The van der Waals surface area contributed by atoms with Crippen LogP contribution >= 0.6 is 0 Å². The number of ketones is 1. The molecule has 0 aliphatic carbocycles. The number of piperidine rings is 1. The van der Waals surface area contributed by atoms with Gasteiger partial charge >= 0.3 is 0 Å². The minimum Gasteiger partial charge on any atom is -0.298 e. The summed E-state index contributed by atoms with van der Waals surface area (Å²) in [6.07, 6.45) is 0.771. The molecule has 0 aromatic heterocycles. The van der Waals surface area contributed by atoms with E-state index in [2.05, 4.69) is 32.7 Å². The van der Waals surface area contributed by atoms with Gasteiger partial charge in [-0.3, -0.25) is 9.69 Å². The van der Waals surface area contributed by atoms with Crippen LogP contribution in [0.3, 0.4) is 0 Å². The summed E-state index contributed by atoms with van der Waals surface area (Å²) >= 11 is 0. The number of likely N-dealkylation sites (tertiary alicyclic amines) is 1. The van der Waals surface area contributed by atoms with Gasteiger partial charge in [-0.15, -0.1) is 0 Å². The number of likely N-dealkylation sites (N-methyl/N-ethyl adjacent to an activating group) is 1. The molecule has 0 N–H and O–H groups in total. The number of carbonyl (C=O) groups excluding carboxylic acids is 1. The van der Waals surface area contributed by atoms with E-state index in [0.717, 1.165) is 13.0 Å². The number of carbonyl (C=O) groups is 1. The lowest BCUT2D eigenvalue weighted by atomic mass is 9.87. The minimum absolute atomic E-state index is 0.168. The van der Waals surface area contributed by atoms with E-state index in [9.17, 15) is 4.79 Å². The van der Waals surface area contributed by atoms with Crippen molar-refractivity contribution < 1.29 is 4.79 Å². The molecule has 1 aliphatic rings. The second-order valence-corrected chi connectivity index (χ2v) is 4.40. The van der Waals surface area contributed by atoms with Gasteiger partial charge in [0.1, 0.15) is 0 Å². The Morgan fingerprint density at radius 1 is 1.50 bits per heavy atom. The molecule has 1 fully saturated rings. The Morgan fingerprint density at radius 3 is 2.50 bits per heavy atom. The molecule has 0 radical (unpaired) electrons. The molecular formula is C10H19NO. The van der Waals surface area contributed by atoms with Crippen molar-refractivity contribution in [3.63, 3.8) is 0 Å². The number of rotatable bonds is 1. The first kappa shape index (κ1) is 9.72. The molecule has 0 unspecified atom stereocenters. The number of hydrogen-bond acceptors (Lipinski definition) is 2. The summed E-state index contributed by atoms with van der Waals surface area (Å²) in [4.78, 5) is 13.8. The van der Waals surface area contributed by atoms with E-state index in [-0.39, 0.29) is 6.04 Å². The van der Waals surface area contributed by atoms with Gasteiger partial charge in [-0.1, -0.05) is 20.8 Å². The number of Topliss-reactive ketones (excluding diaryl/α,β-unsaturated/α-hetero) is 1. The van der Waals surface area contributed by atoms with Gasteiger partial charge in [0.2, 0.25) is 0 Å². The third kappa shape index (κ3) is 1.86. The molecule has 0 bridgehead atoms. The van der Waals surface area contributed by atoms with Crippen molar-refractivity contribution in [2.24, 2.45) is 11.8 Å². The van der Waals surface area contributed by atoms with Crippen LogP contribution in [0, 0.1) is 11.8 Å². The van der Waals surface area contributed by atoms with Crippen molar-refractivity contribution in [2.75, 3.05) is 13.6 Å². The zero-order chi connectivity index (χ0) is 9.30. The maximum Gasteiger partial charge on any atom is 0.150 e. The zero-order valence-corrected chi connectivity index (χ0v) is 8.50. The van der Waals surface area contributed by atoms with Crippen LogP contribution in [-0.4, -0.2) is 30.3 Å². The van der Waals surface area contributed by atoms with Crippen LogP contribution in [0.15, 0.2) is 0 Å². The van der Waals surface area contributed by atoms with Gasteiger partial charge in [-0.2, -0.15) is 0 Å². The molecule has 2 heteroatoms. The number of nitrogens with zero attached hydrogens (tertiary/aromatic N) is 1. The number of hydrogen-bond donors (Lipinski definition) is 0. The highest BCUT2D eigenvalue weighted by Crippen LogP contribution is 2.21. The van der Waals surface area contributed by atoms with Crippen molar-refractivity contribution in [1.82, 2.24) is 4.90 Å². The largest absolute Gasteiger partial charge is 0.298 e. The molecule has 2 nitrogen and oxygen atoms in total. The Kier molecular flexibility index (Phi) is 2.89. The summed E-state index contributed by atoms with van der Waals surface area (Å²) < 4.78 is 0. The highest BCUT2D eigenvalue weighted by Gasteiger charge is 2.32. The first-order chi connectivity index (χ1) is 5.52. The predicted molar refractivity (Wildman–Crippen MR) is 50.0 cm³/mol. The van der Waals surface area contributed by atoms with Gasteiger partial charge in [0, 0.05) is 13.0 Å². The average Bonchev–Trinajstić information content (AvgIpc) is 1.82. The van der Waals surface area contributed by atoms with Crippen LogP contribution in [-0.2, 0) is 4.79 Å². The van der Waals surface area contributed by atoms with Crippen molar-refractivity contribution in [1.29, 1.82) is 0 Å². The molecule has 1 heterocycles. The van der Waals surface area contributed by atoms with Crippen LogP contribution in [0.5, 0.6) is 0 Å². The molecule has 0 aromatic rings. The minimum atomic E-state index is 0.168. The van der Waals surface area contributed by atoms with Gasteiger partial charge in [-0.05, 0) is 18.9 Å². The van der Waals surface area contributed by atoms with Crippen LogP contribution in [0.25, 0.3) is 0 Å². The van der Waals surface area contributed by atoms with E-state index in [0.29, 0.717) is 17.6 Å². The molecular weight excluding hydrogens is 150 g/mol. The van der Waals surface area contributed by atoms with Gasteiger partial charge in [0.05, 0.1) is 6.04 Å². The highest BCUT2D eigenvalue weighted by atomic mass is 16.1. The Balaban J connectivity index is 2.67. The standard InChI is InChI=1S/C10H19NO/c1-7(2)10-9(12)5-8(3)6-11(10)4/h7-8,10H,5-6H2,1-4H3/t8-,10-/m0/s1. The molecule has 1 rings (SSSR count). The van der Waals surface area contributed by atoms with Gasteiger partial charge < -0.3 is 0 Å². The molecule has 0 aromatic carbocycles. The molecule has 1 aliphatic heterocycles. The zero-order valence-electron chi connectivity index (χ0n) is 8.50. The maximum atomic E-state index is 11.6. The van der Waals surface area contributed by atoms with E-state index in [1.54, 1.807) is 0 Å². The van der Waals surface area contributed by atoms with Crippen molar-refractivity contribution in [3.8, 4) is 0 Å². The Morgan fingerprint density at radius 2 is 2.08 bits per heavy atom. The monoisotopic (exact) mass is 169 g/mol. The Hall–Kier alpha value is -0.370. The van der Waals surface area contributed by atoms with Crippen molar-refractivity contribution >= 4 is 5.78 Å². The maximum absolute atomic E-state index is 11.6. The van der Waals surface area contributed by atoms with Gasteiger partial charge in [-0.25, -0.2) is 0 Å². The summed E-state index contributed by atoms with van der Waals surface area (Å²) in [5.41, 5.74) is 0. The van der Waals surface area contributed by atoms with Gasteiger partial charge in [0.15, 0.2) is 5.78 Å². The first-order valence-corrected chi connectivity index (χ1v) is 4.75.